The van der Waals surface area contributed by atoms with E-state index in [4.69, 9.17) is 15.9 Å². The molecule has 0 saturated carbocycles. The molecule has 0 spiro atoms. The first-order valence-electron chi connectivity index (χ1n) is 9.54. The van der Waals surface area contributed by atoms with Gasteiger partial charge in [0.15, 0.2) is 0 Å². The third-order valence-electron chi connectivity index (χ3n) is 4.01. The van der Waals surface area contributed by atoms with E-state index in [0.29, 0.717) is 12.8 Å². The van der Waals surface area contributed by atoms with Gasteiger partial charge in [0.1, 0.15) is 18.1 Å². The van der Waals surface area contributed by atoms with Crippen LogP contribution in [0, 0.1) is 11.8 Å². The lowest BCUT2D eigenvalue weighted by Gasteiger charge is -2.25. The average Bonchev–Trinajstić information content (AvgIpc) is 2.61. The molecule has 0 aliphatic rings. The number of carbonyl (C=O) groups excluding carboxylic acids is 3. The molecule has 0 radical (unpaired) electrons. The van der Waals surface area contributed by atoms with Gasteiger partial charge in [-0.25, -0.2) is 4.79 Å². The molecule has 0 rings (SSSR count). The van der Waals surface area contributed by atoms with Crippen molar-refractivity contribution in [3.63, 3.8) is 0 Å². The first kappa shape index (κ1) is 27.1. The van der Waals surface area contributed by atoms with Crippen LogP contribution in [0.25, 0.3) is 0 Å². The monoisotopic (exact) mass is 434 g/mol. The Morgan fingerprint density at radius 1 is 0.828 bits per heavy atom. The Hall–Kier alpha value is -1.85. The first-order valence-corrected chi connectivity index (χ1v) is 10.2. The van der Waals surface area contributed by atoms with Crippen molar-refractivity contribution in [1.82, 2.24) is 16.0 Å². The molecule has 29 heavy (non-hydrogen) atoms. The molecule has 0 saturated heterocycles. The number of hydrogen-bond donors (Lipinski definition) is 7. The van der Waals surface area contributed by atoms with Gasteiger partial charge >= 0.3 is 5.97 Å². The number of carboxylic acid groups (broad SMARTS) is 1. The molecule has 3 amide bonds. The molecule has 0 bridgehead atoms. The van der Waals surface area contributed by atoms with Gasteiger partial charge in [0.2, 0.25) is 17.7 Å². The van der Waals surface area contributed by atoms with Crippen molar-refractivity contribution < 1.29 is 29.4 Å². The Morgan fingerprint density at radius 3 is 1.69 bits per heavy atom. The van der Waals surface area contributed by atoms with Crippen LogP contribution in [0.15, 0.2) is 0 Å². The predicted molar refractivity (Wildman–Crippen MR) is 111 cm³/mol. The maximum atomic E-state index is 12.7. The van der Waals surface area contributed by atoms with E-state index in [-0.39, 0.29) is 17.6 Å². The largest absolute Gasteiger partial charge is 0.480 e. The van der Waals surface area contributed by atoms with Crippen LogP contribution in [0.2, 0.25) is 0 Å². The number of carboxylic acids is 1. The Balaban J connectivity index is 5.15. The summed E-state index contributed by atoms with van der Waals surface area (Å²) in [7, 11) is 0. The molecule has 0 aromatic rings. The van der Waals surface area contributed by atoms with Crippen molar-refractivity contribution in [2.24, 2.45) is 17.6 Å². The second kappa shape index (κ2) is 13.4. The van der Waals surface area contributed by atoms with E-state index in [1.54, 1.807) is 0 Å². The fraction of sp³-hybridized carbons (Fsp3) is 0.778. The number of carbonyl (C=O) groups is 4. The number of thiol groups is 1. The smallest absolute Gasteiger partial charge is 0.328 e. The Bertz CT molecular complexity index is 573. The number of nitrogens with one attached hydrogen (secondary N) is 3. The zero-order valence-corrected chi connectivity index (χ0v) is 18.2. The second-order valence-corrected chi connectivity index (χ2v) is 8.12. The van der Waals surface area contributed by atoms with Gasteiger partial charge in [0.05, 0.1) is 12.6 Å². The molecule has 0 aromatic carbocycles. The standard InChI is InChI=1S/C18H34N4O6S/c1-9(2)5-11(19)15(24)20-12(6-10(3)4)16(25)22-14(8-29)17(26)21-13(7-23)18(27)28/h9-14,23,29H,5-8,19H2,1-4H3,(H,20,24)(H,21,26)(H,22,25)(H,27,28). The molecule has 4 unspecified atom stereocenters. The third-order valence-corrected chi connectivity index (χ3v) is 4.38. The molecule has 0 heterocycles. The highest BCUT2D eigenvalue weighted by Crippen LogP contribution is 2.08. The lowest BCUT2D eigenvalue weighted by Crippen LogP contribution is -2.58. The van der Waals surface area contributed by atoms with Crippen LogP contribution in [-0.4, -0.2) is 70.4 Å². The number of hydrogen-bond acceptors (Lipinski definition) is 7. The van der Waals surface area contributed by atoms with Crippen LogP contribution in [0.1, 0.15) is 40.5 Å². The van der Waals surface area contributed by atoms with Gasteiger partial charge in [-0.15, -0.1) is 0 Å². The molecule has 11 heteroatoms. The maximum Gasteiger partial charge on any atom is 0.328 e. The molecule has 4 atom stereocenters. The minimum Gasteiger partial charge on any atom is -0.480 e. The van der Waals surface area contributed by atoms with E-state index in [2.05, 4.69) is 28.6 Å². The van der Waals surface area contributed by atoms with Gasteiger partial charge in [-0.1, -0.05) is 27.7 Å². The minimum atomic E-state index is -1.50. The highest BCUT2D eigenvalue weighted by atomic mass is 32.1. The summed E-state index contributed by atoms with van der Waals surface area (Å²) < 4.78 is 0. The van der Waals surface area contributed by atoms with Gasteiger partial charge in [0.25, 0.3) is 0 Å². The zero-order chi connectivity index (χ0) is 22.7. The van der Waals surface area contributed by atoms with E-state index in [1.165, 1.54) is 0 Å². The Labute approximate surface area is 176 Å². The summed E-state index contributed by atoms with van der Waals surface area (Å²) in [5, 5.41) is 25.2. The van der Waals surface area contributed by atoms with Crippen molar-refractivity contribution in [1.29, 1.82) is 0 Å². The van der Waals surface area contributed by atoms with E-state index in [0.717, 1.165) is 0 Å². The predicted octanol–water partition coefficient (Wildman–Crippen LogP) is -1.13. The topological polar surface area (TPSA) is 171 Å². The van der Waals surface area contributed by atoms with Gasteiger partial charge in [-0.2, -0.15) is 12.6 Å². The van der Waals surface area contributed by atoms with Crippen molar-refractivity contribution in [2.75, 3.05) is 12.4 Å². The van der Waals surface area contributed by atoms with Crippen molar-refractivity contribution in [2.45, 2.75) is 64.7 Å². The van der Waals surface area contributed by atoms with E-state index in [1.807, 2.05) is 27.7 Å². The number of aliphatic carboxylic acids is 1. The number of aliphatic hydroxyl groups excluding tert-OH is 1. The highest BCUT2D eigenvalue weighted by Gasteiger charge is 2.30. The van der Waals surface area contributed by atoms with Crippen molar-refractivity contribution >= 4 is 36.3 Å². The van der Waals surface area contributed by atoms with E-state index < -0.39 is 54.5 Å². The maximum absolute atomic E-state index is 12.7. The number of rotatable bonds is 13. The summed E-state index contributed by atoms with van der Waals surface area (Å²) in [6, 6.07) is -4.32. The summed E-state index contributed by atoms with van der Waals surface area (Å²) in [6.45, 7) is 6.81. The molecule has 0 aliphatic carbocycles. The van der Waals surface area contributed by atoms with E-state index >= 15 is 0 Å². The third kappa shape index (κ3) is 10.5. The molecule has 7 N–H and O–H groups in total. The molecular formula is C18H34N4O6S. The summed E-state index contributed by atoms with van der Waals surface area (Å²) in [4.78, 5) is 48.2. The van der Waals surface area contributed by atoms with Crippen LogP contribution < -0.4 is 21.7 Å². The van der Waals surface area contributed by atoms with Gasteiger partial charge in [-0.3, -0.25) is 14.4 Å². The van der Waals surface area contributed by atoms with Crippen LogP contribution >= 0.6 is 12.6 Å². The van der Waals surface area contributed by atoms with Gasteiger partial charge in [-0.05, 0) is 24.7 Å². The summed E-state index contributed by atoms with van der Waals surface area (Å²) in [5.41, 5.74) is 5.87. The minimum absolute atomic E-state index is 0.0708. The molecule has 0 fully saturated rings. The lowest BCUT2D eigenvalue weighted by molar-refractivity contribution is -0.143. The molecule has 168 valence electrons. The van der Waals surface area contributed by atoms with Gasteiger partial charge < -0.3 is 31.9 Å². The van der Waals surface area contributed by atoms with Gasteiger partial charge in [0, 0.05) is 5.75 Å². The number of aliphatic hydroxyl groups is 1. The van der Waals surface area contributed by atoms with Crippen LogP contribution in [0.5, 0.6) is 0 Å². The zero-order valence-electron chi connectivity index (χ0n) is 17.3. The molecule has 0 aromatic heterocycles. The fourth-order valence-electron chi connectivity index (χ4n) is 2.52. The Morgan fingerprint density at radius 2 is 1.28 bits per heavy atom. The first-order chi connectivity index (χ1) is 13.4. The number of amides is 3. The average molecular weight is 435 g/mol. The summed E-state index contributed by atoms with van der Waals surface area (Å²) >= 11 is 4.02. The number of nitrogens with two attached hydrogens (primary N) is 1. The Kier molecular flexibility index (Phi) is 12.5. The second-order valence-electron chi connectivity index (χ2n) is 7.75. The summed E-state index contributed by atoms with van der Waals surface area (Å²) in [5.74, 6) is -3.10. The van der Waals surface area contributed by atoms with E-state index in [9.17, 15) is 19.2 Å². The lowest BCUT2D eigenvalue weighted by atomic mass is 10.0. The fourth-order valence-corrected chi connectivity index (χ4v) is 2.78. The van der Waals surface area contributed by atoms with Crippen LogP contribution in [-0.2, 0) is 19.2 Å². The van der Waals surface area contributed by atoms with Crippen molar-refractivity contribution in [3.8, 4) is 0 Å². The summed E-state index contributed by atoms with van der Waals surface area (Å²) in [6.07, 6.45) is 0.780. The SMILES string of the molecule is CC(C)CC(N)C(=O)NC(CC(C)C)C(=O)NC(CS)C(=O)NC(CO)C(=O)O. The molecule has 0 aliphatic heterocycles. The molecular weight excluding hydrogens is 400 g/mol. The van der Waals surface area contributed by atoms with Crippen LogP contribution in [0.4, 0.5) is 0 Å². The van der Waals surface area contributed by atoms with Crippen molar-refractivity contribution in [3.05, 3.63) is 0 Å². The highest BCUT2D eigenvalue weighted by molar-refractivity contribution is 7.80. The molecule has 10 nitrogen and oxygen atoms in total. The quantitative estimate of drug-likeness (QED) is 0.180. The van der Waals surface area contributed by atoms with Crippen LogP contribution in [0.3, 0.4) is 0 Å². The normalized spacial score (nSPS) is 15.3.